The number of hydrogen-bond acceptors (Lipinski definition) is 5. The van der Waals surface area contributed by atoms with Crippen molar-refractivity contribution in [2.75, 3.05) is 16.3 Å². The van der Waals surface area contributed by atoms with Crippen LogP contribution in [0.25, 0.3) is 6.08 Å². The third-order valence-corrected chi connectivity index (χ3v) is 5.96. The molecule has 0 atom stereocenters. The monoisotopic (exact) mass is 524 g/mol. The van der Waals surface area contributed by atoms with Gasteiger partial charge in [-0.3, -0.25) is 9.52 Å². The van der Waals surface area contributed by atoms with Gasteiger partial charge in [0.1, 0.15) is 17.3 Å². The Morgan fingerprint density at radius 3 is 2.56 bits per heavy atom. The van der Waals surface area contributed by atoms with Gasteiger partial charge < -0.3 is 10.6 Å². The lowest BCUT2D eigenvalue weighted by Crippen LogP contribution is -2.21. The Hall–Kier alpha value is -3.59. The van der Waals surface area contributed by atoms with Crippen molar-refractivity contribution in [3.05, 3.63) is 58.5 Å². The molecule has 1 heterocycles. The minimum atomic E-state index is -4.61. The molecule has 192 valence electrons. The van der Waals surface area contributed by atoms with E-state index in [4.69, 9.17) is 6.42 Å². The second-order valence-corrected chi connectivity index (χ2v) is 10.1. The molecule has 0 spiro atoms. The maximum absolute atomic E-state index is 14.4. The molecule has 0 unspecified atom stereocenters. The number of benzene rings is 1. The number of nitrogens with zero attached hydrogens (tertiary/aromatic N) is 1. The van der Waals surface area contributed by atoms with Gasteiger partial charge in [-0.05, 0) is 48.7 Å². The molecule has 1 aromatic carbocycles. The molecule has 1 saturated carbocycles. The molecule has 0 bridgehead atoms. The Morgan fingerprint density at radius 2 is 1.94 bits per heavy atom. The molecule has 1 amide bonds. The first kappa shape index (κ1) is 27.0. The third kappa shape index (κ3) is 7.45. The molecule has 2 aromatic rings. The molecule has 1 aliphatic rings. The lowest BCUT2D eigenvalue weighted by molar-refractivity contribution is -0.141. The van der Waals surface area contributed by atoms with Gasteiger partial charge in [-0.15, -0.1) is 6.42 Å². The van der Waals surface area contributed by atoms with E-state index >= 15 is 0 Å². The van der Waals surface area contributed by atoms with Gasteiger partial charge in [-0.1, -0.05) is 18.8 Å². The number of pyridine rings is 1. The second-order valence-electron chi connectivity index (χ2n) is 8.33. The quantitative estimate of drug-likeness (QED) is 0.272. The van der Waals surface area contributed by atoms with Crippen LogP contribution in [0.2, 0.25) is 0 Å². The van der Waals surface area contributed by atoms with Crippen LogP contribution in [0.15, 0.2) is 30.3 Å². The number of terminal acetylenes is 1. The van der Waals surface area contributed by atoms with Gasteiger partial charge in [0.05, 0.1) is 17.5 Å². The summed E-state index contributed by atoms with van der Waals surface area (Å²) >= 11 is 0. The molecule has 1 aromatic heterocycles. The first-order chi connectivity index (χ1) is 16.9. The van der Waals surface area contributed by atoms with Gasteiger partial charge in [0, 0.05) is 24.2 Å². The minimum absolute atomic E-state index is 0.00219. The van der Waals surface area contributed by atoms with Crippen molar-refractivity contribution >= 4 is 33.5 Å². The maximum Gasteiger partial charge on any atom is 0.433 e. The second kappa shape index (κ2) is 11.0. The highest BCUT2D eigenvalue weighted by atomic mass is 32.2. The van der Waals surface area contributed by atoms with E-state index in [1.807, 2.05) is 4.72 Å². The van der Waals surface area contributed by atoms with E-state index in [-0.39, 0.29) is 35.2 Å². The van der Waals surface area contributed by atoms with Crippen molar-refractivity contribution in [1.82, 2.24) is 10.3 Å². The highest BCUT2D eigenvalue weighted by Crippen LogP contribution is 2.31. The number of carbonyl (C=O) groups excluding carboxylic acids is 1. The number of nitrogens with one attached hydrogen (secondary N) is 3. The number of alkyl halides is 3. The molecule has 7 nitrogen and oxygen atoms in total. The summed E-state index contributed by atoms with van der Waals surface area (Å²) in [7, 11) is -3.76. The van der Waals surface area contributed by atoms with Crippen molar-refractivity contribution < 1.29 is 30.8 Å². The molecule has 1 aliphatic carbocycles. The minimum Gasteiger partial charge on any atom is -0.367 e. The van der Waals surface area contributed by atoms with Crippen LogP contribution in [0.1, 0.15) is 48.1 Å². The SMILES string of the molecule is C#Cc1cc(CNC(=O)/C=C/c2ccc(C(F)(F)F)nc2NC2CCCC2)cc(F)c1NS(C)(=O)=O. The lowest BCUT2D eigenvalue weighted by Gasteiger charge is -2.16. The van der Waals surface area contributed by atoms with E-state index in [1.165, 1.54) is 18.2 Å². The summed E-state index contributed by atoms with van der Waals surface area (Å²) in [4.78, 5) is 16.0. The van der Waals surface area contributed by atoms with Gasteiger partial charge in [-0.25, -0.2) is 17.8 Å². The maximum atomic E-state index is 14.4. The fraction of sp³-hybridized carbons (Fsp3) is 0.333. The van der Waals surface area contributed by atoms with Crippen molar-refractivity contribution in [2.24, 2.45) is 0 Å². The van der Waals surface area contributed by atoms with Gasteiger partial charge >= 0.3 is 6.18 Å². The molecule has 12 heteroatoms. The topological polar surface area (TPSA) is 100 Å². The summed E-state index contributed by atoms with van der Waals surface area (Å²) in [6.45, 7) is -0.133. The molecule has 1 fully saturated rings. The van der Waals surface area contributed by atoms with Crippen LogP contribution in [0, 0.1) is 18.2 Å². The fourth-order valence-corrected chi connectivity index (χ4v) is 4.30. The summed E-state index contributed by atoms with van der Waals surface area (Å²) in [5.41, 5.74) is -0.863. The van der Waals surface area contributed by atoms with Crippen molar-refractivity contribution in [1.29, 1.82) is 0 Å². The number of anilines is 2. The van der Waals surface area contributed by atoms with E-state index in [9.17, 15) is 30.8 Å². The first-order valence-electron chi connectivity index (χ1n) is 10.9. The lowest BCUT2D eigenvalue weighted by atomic mass is 10.1. The predicted molar refractivity (Wildman–Crippen MR) is 129 cm³/mol. The van der Waals surface area contributed by atoms with Crippen LogP contribution in [0.3, 0.4) is 0 Å². The van der Waals surface area contributed by atoms with Crippen molar-refractivity contribution in [3.63, 3.8) is 0 Å². The Labute approximate surface area is 206 Å². The zero-order valence-corrected chi connectivity index (χ0v) is 20.1. The number of aromatic nitrogens is 1. The van der Waals surface area contributed by atoms with E-state index in [2.05, 4.69) is 21.5 Å². The summed E-state index contributed by atoms with van der Waals surface area (Å²) < 4.78 is 78.7. The Morgan fingerprint density at radius 1 is 1.25 bits per heavy atom. The van der Waals surface area contributed by atoms with Gasteiger partial charge in [0.25, 0.3) is 0 Å². The molecule has 0 saturated heterocycles. The Balaban J connectivity index is 1.73. The number of rotatable bonds is 8. The predicted octanol–water partition coefficient (Wildman–Crippen LogP) is 4.28. The van der Waals surface area contributed by atoms with Crippen LogP contribution in [-0.2, 0) is 27.5 Å². The highest BCUT2D eigenvalue weighted by Gasteiger charge is 2.33. The van der Waals surface area contributed by atoms with Crippen LogP contribution in [0.4, 0.5) is 29.1 Å². The molecule has 3 rings (SSSR count). The van der Waals surface area contributed by atoms with E-state index in [0.717, 1.165) is 50.1 Å². The molecule has 0 radical (unpaired) electrons. The number of carbonyl (C=O) groups is 1. The van der Waals surface area contributed by atoms with Gasteiger partial charge in [0.15, 0.2) is 0 Å². The average Bonchev–Trinajstić information content (AvgIpc) is 3.30. The average molecular weight is 525 g/mol. The highest BCUT2D eigenvalue weighted by molar-refractivity contribution is 7.92. The Bertz CT molecular complexity index is 1310. The number of amides is 1. The fourth-order valence-electron chi connectivity index (χ4n) is 3.72. The van der Waals surface area contributed by atoms with Crippen molar-refractivity contribution in [2.45, 2.75) is 44.4 Å². The number of sulfonamides is 1. The molecule has 36 heavy (non-hydrogen) atoms. The van der Waals surface area contributed by atoms with Gasteiger partial charge in [0.2, 0.25) is 15.9 Å². The van der Waals surface area contributed by atoms with E-state index in [1.54, 1.807) is 0 Å². The first-order valence-corrected chi connectivity index (χ1v) is 12.8. The zero-order chi connectivity index (χ0) is 26.5. The summed E-state index contributed by atoms with van der Waals surface area (Å²) in [5, 5.41) is 5.56. The van der Waals surface area contributed by atoms with Crippen LogP contribution in [0.5, 0.6) is 0 Å². The normalized spacial score (nSPS) is 14.6. The molecule has 0 aliphatic heterocycles. The van der Waals surface area contributed by atoms with E-state index in [0.29, 0.717) is 5.56 Å². The molecular formula is C24H24F4N4O3S. The number of halogens is 4. The van der Waals surface area contributed by atoms with Crippen LogP contribution >= 0.6 is 0 Å². The number of hydrogen-bond donors (Lipinski definition) is 3. The smallest absolute Gasteiger partial charge is 0.367 e. The van der Waals surface area contributed by atoms with Crippen LogP contribution < -0.4 is 15.4 Å². The third-order valence-electron chi connectivity index (χ3n) is 5.39. The van der Waals surface area contributed by atoms with E-state index < -0.39 is 33.6 Å². The summed E-state index contributed by atoms with van der Waals surface area (Å²) in [5.74, 6) is 0.731. The van der Waals surface area contributed by atoms with Crippen molar-refractivity contribution in [3.8, 4) is 12.3 Å². The summed E-state index contributed by atoms with van der Waals surface area (Å²) in [6, 6.07) is 4.46. The largest absolute Gasteiger partial charge is 0.433 e. The summed E-state index contributed by atoms with van der Waals surface area (Å²) in [6.07, 6.45) is 7.64. The molecule has 3 N–H and O–H groups in total. The Kier molecular flexibility index (Phi) is 8.24. The zero-order valence-electron chi connectivity index (χ0n) is 19.2. The standard InChI is InChI=1S/C24H24F4N4O3S/c1-3-16-12-15(13-19(25)22(16)32-36(2,34)35)14-29-21(33)11-9-17-8-10-20(24(26,27)28)31-23(17)30-18-6-4-5-7-18/h1,8-13,18,32H,4-7,14H2,2H3,(H,29,33)(H,30,31)/b11-9+. The van der Waals surface area contributed by atoms with Gasteiger partial charge in [-0.2, -0.15) is 13.2 Å². The van der Waals surface area contributed by atoms with Crippen LogP contribution in [-0.4, -0.2) is 31.6 Å². The molecular weight excluding hydrogens is 500 g/mol.